The molecule has 0 unspecified atom stereocenters. The van der Waals surface area contributed by atoms with Crippen LogP contribution in [0.15, 0.2) is 48.3 Å². The van der Waals surface area contributed by atoms with Gasteiger partial charge >= 0.3 is 0 Å². The third kappa shape index (κ3) is 3.98. The summed E-state index contributed by atoms with van der Waals surface area (Å²) in [6.45, 7) is 1.71. The minimum Gasteiger partial charge on any atom is -0.316 e. The van der Waals surface area contributed by atoms with Crippen molar-refractivity contribution in [3.63, 3.8) is 0 Å². The molecule has 1 heterocycles. The zero-order valence-electron chi connectivity index (χ0n) is 12.2. The van der Waals surface area contributed by atoms with Gasteiger partial charge in [-0.15, -0.1) is 0 Å². The molecule has 0 aliphatic rings. The first-order valence-corrected chi connectivity index (χ1v) is 6.59. The fourth-order valence-corrected chi connectivity index (χ4v) is 1.86. The number of anilines is 1. The molecule has 7 nitrogen and oxygen atoms in total. The molecule has 1 aromatic carbocycles. The van der Waals surface area contributed by atoms with Gasteiger partial charge in [-0.3, -0.25) is 19.9 Å². The molecular formula is C16H12N4O3. The van der Waals surface area contributed by atoms with Gasteiger partial charge < -0.3 is 5.32 Å². The van der Waals surface area contributed by atoms with E-state index in [0.717, 1.165) is 0 Å². The third-order valence-electron chi connectivity index (χ3n) is 2.96. The second kappa shape index (κ2) is 6.95. The average Bonchev–Trinajstić information content (AvgIpc) is 2.55. The van der Waals surface area contributed by atoms with Gasteiger partial charge in [-0.1, -0.05) is 12.1 Å². The lowest BCUT2D eigenvalue weighted by Crippen LogP contribution is -2.14. The van der Waals surface area contributed by atoms with E-state index in [4.69, 9.17) is 5.26 Å². The van der Waals surface area contributed by atoms with E-state index in [2.05, 4.69) is 10.3 Å². The van der Waals surface area contributed by atoms with E-state index in [1.165, 1.54) is 24.4 Å². The molecule has 0 aliphatic heterocycles. The van der Waals surface area contributed by atoms with Crippen LogP contribution in [0.4, 0.5) is 11.4 Å². The van der Waals surface area contributed by atoms with Crippen molar-refractivity contribution >= 4 is 23.4 Å². The highest BCUT2D eigenvalue weighted by molar-refractivity contribution is 6.10. The van der Waals surface area contributed by atoms with Crippen LogP contribution in [0.1, 0.15) is 11.1 Å². The number of pyridine rings is 1. The van der Waals surface area contributed by atoms with Crippen LogP contribution in [-0.2, 0) is 4.79 Å². The molecule has 0 bridgehead atoms. The summed E-state index contributed by atoms with van der Waals surface area (Å²) >= 11 is 0. The van der Waals surface area contributed by atoms with E-state index in [1.54, 1.807) is 37.4 Å². The first-order chi connectivity index (χ1) is 11.0. The van der Waals surface area contributed by atoms with Gasteiger partial charge in [0.2, 0.25) is 0 Å². The molecule has 0 atom stereocenters. The SMILES string of the molecule is Cc1ccc(NC(=O)C(C#N)=Cc2cccnc2)c([N+](=O)[O-])c1. The van der Waals surface area contributed by atoms with Crippen molar-refractivity contribution in [2.24, 2.45) is 0 Å². The number of hydrogen-bond acceptors (Lipinski definition) is 5. The maximum atomic E-state index is 12.2. The predicted octanol–water partition coefficient (Wildman–Crippen LogP) is 2.84. The summed E-state index contributed by atoms with van der Waals surface area (Å²) in [4.78, 5) is 26.5. The highest BCUT2D eigenvalue weighted by atomic mass is 16.6. The molecule has 0 radical (unpaired) electrons. The number of nitriles is 1. The molecular weight excluding hydrogens is 296 g/mol. The molecule has 1 aromatic heterocycles. The second-order valence-electron chi connectivity index (χ2n) is 4.69. The lowest BCUT2D eigenvalue weighted by Gasteiger charge is -2.06. The molecule has 1 amide bonds. The lowest BCUT2D eigenvalue weighted by molar-refractivity contribution is -0.384. The van der Waals surface area contributed by atoms with Crippen LogP contribution in [0.2, 0.25) is 0 Å². The monoisotopic (exact) mass is 308 g/mol. The zero-order valence-corrected chi connectivity index (χ0v) is 12.2. The summed E-state index contributed by atoms with van der Waals surface area (Å²) in [7, 11) is 0. The van der Waals surface area contributed by atoms with Crippen molar-refractivity contribution in [3.05, 3.63) is 69.5 Å². The molecule has 2 rings (SSSR count). The Morgan fingerprint density at radius 2 is 2.22 bits per heavy atom. The summed E-state index contributed by atoms with van der Waals surface area (Å²) < 4.78 is 0. The maximum Gasteiger partial charge on any atom is 0.293 e. The first-order valence-electron chi connectivity index (χ1n) is 6.59. The molecule has 114 valence electrons. The number of carbonyl (C=O) groups excluding carboxylic acids is 1. The van der Waals surface area contributed by atoms with E-state index in [0.29, 0.717) is 11.1 Å². The Bertz CT molecular complexity index is 823. The number of nitrogens with zero attached hydrogens (tertiary/aromatic N) is 3. The number of amides is 1. The van der Waals surface area contributed by atoms with Crippen molar-refractivity contribution in [1.82, 2.24) is 4.98 Å². The second-order valence-corrected chi connectivity index (χ2v) is 4.69. The lowest BCUT2D eigenvalue weighted by atomic mass is 10.1. The van der Waals surface area contributed by atoms with Crippen LogP contribution < -0.4 is 5.32 Å². The Kier molecular flexibility index (Phi) is 4.79. The Hall–Kier alpha value is -3.53. The van der Waals surface area contributed by atoms with Crippen LogP contribution in [0.25, 0.3) is 6.08 Å². The summed E-state index contributed by atoms with van der Waals surface area (Å²) in [6, 6.07) is 9.57. The molecule has 0 spiro atoms. The van der Waals surface area contributed by atoms with Gasteiger partial charge in [0, 0.05) is 18.5 Å². The molecule has 2 aromatic rings. The number of aromatic nitrogens is 1. The maximum absolute atomic E-state index is 12.2. The molecule has 7 heteroatoms. The first kappa shape index (κ1) is 15.9. The molecule has 0 saturated heterocycles. The number of carbonyl (C=O) groups is 1. The van der Waals surface area contributed by atoms with Crippen molar-refractivity contribution in [1.29, 1.82) is 5.26 Å². The van der Waals surface area contributed by atoms with Crippen LogP contribution in [-0.4, -0.2) is 15.8 Å². The van der Waals surface area contributed by atoms with Gasteiger partial charge in [0.05, 0.1) is 4.92 Å². The molecule has 23 heavy (non-hydrogen) atoms. The van der Waals surface area contributed by atoms with Gasteiger partial charge in [-0.25, -0.2) is 0 Å². The molecule has 0 saturated carbocycles. The van der Waals surface area contributed by atoms with E-state index in [9.17, 15) is 14.9 Å². The van der Waals surface area contributed by atoms with Gasteiger partial charge in [-0.05, 0) is 36.3 Å². The summed E-state index contributed by atoms with van der Waals surface area (Å²) in [5, 5.41) is 22.6. The van der Waals surface area contributed by atoms with E-state index in [1.807, 2.05) is 0 Å². The third-order valence-corrected chi connectivity index (χ3v) is 2.96. The van der Waals surface area contributed by atoms with Crippen LogP contribution >= 0.6 is 0 Å². The van der Waals surface area contributed by atoms with Crippen molar-refractivity contribution < 1.29 is 9.72 Å². The fraction of sp³-hybridized carbons (Fsp3) is 0.0625. The Morgan fingerprint density at radius 1 is 1.43 bits per heavy atom. The van der Waals surface area contributed by atoms with Crippen LogP contribution in [0, 0.1) is 28.4 Å². The smallest absolute Gasteiger partial charge is 0.293 e. The number of nitro groups is 1. The number of nitro benzene ring substituents is 1. The Balaban J connectivity index is 2.30. The van der Waals surface area contributed by atoms with Crippen molar-refractivity contribution in [2.75, 3.05) is 5.32 Å². The Labute approximate surface area is 132 Å². The molecule has 0 aliphatic carbocycles. The summed E-state index contributed by atoms with van der Waals surface area (Å²) in [6.07, 6.45) is 4.43. The highest BCUT2D eigenvalue weighted by Crippen LogP contribution is 2.25. The number of rotatable bonds is 4. The number of hydrogen-bond donors (Lipinski definition) is 1. The number of aryl methyl sites for hydroxylation is 1. The summed E-state index contributed by atoms with van der Waals surface area (Å²) in [5.74, 6) is -0.719. The zero-order chi connectivity index (χ0) is 16.8. The fourth-order valence-electron chi connectivity index (χ4n) is 1.86. The normalized spacial score (nSPS) is 10.7. The topological polar surface area (TPSA) is 109 Å². The minimum absolute atomic E-state index is 0.0398. The average molecular weight is 308 g/mol. The van der Waals surface area contributed by atoms with E-state index in [-0.39, 0.29) is 16.9 Å². The van der Waals surface area contributed by atoms with Crippen molar-refractivity contribution in [2.45, 2.75) is 6.92 Å². The van der Waals surface area contributed by atoms with Crippen molar-refractivity contribution in [3.8, 4) is 6.07 Å². The predicted molar refractivity (Wildman–Crippen MR) is 84.3 cm³/mol. The van der Waals surface area contributed by atoms with Crippen LogP contribution in [0.5, 0.6) is 0 Å². The van der Waals surface area contributed by atoms with Gasteiger partial charge in [0.1, 0.15) is 17.3 Å². The van der Waals surface area contributed by atoms with E-state index < -0.39 is 10.8 Å². The quantitative estimate of drug-likeness (QED) is 0.404. The number of nitrogens with one attached hydrogen (secondary N) is 1. The molecule has 0 fully saturated rings. The van der Waals surface area contributed by atoms with Gasteiger partial charge in [-0.2, -0.15) is 5.26 Å². The van der Waals surface area contributed by atoms with Gasteiger partial charge in [0.15, 0.2) is 0 Å². The number of benzene rings is 1. The summed E-state index contributed by atoms with van der Waals surface area (Å²) in [5.41, 5.74) is 0.918. The van der Waals surface area contributed by atoms with E-state index >= 15 is 0 Å². The minimum atomic E-state index is -0.719. The Morgan fingerprint density at radius 3 is 2.83 bits per heavy atom. The van der Waals surface area contributed by atoms with Gasteiger partial charge in [0.25, 0.3) is 11.6 Å². The largest absolute Gasteiger partial charge is 0.316 e. The molecule has 1 N–H and O–H groups in total. The van der Waals surface area contributed by atoms with Crippen LogP contribution in [0.3, 0.4) is 0 Å². The highest BCUT2D eigenvalue weighted by Gasteiger charge is 2.18. The standard InChI is InChI=1S/C16H12N4O3/c1-11-4-5-14(15(7-11)20(22)23)19-16(21)13(9-17)8-12-3-2-6-18-10-12/h2-8,10H,1H3,(H,19,21).